The summed E-state index contributed by atoms with van der Waals surface area (Å²) in [6.07, 6.45) is 0.819. The van der Waals surface area contributed by atoms with E-state index < -0.39 is 0 Å². The van der Waals surface area contributed by atoms with Crippen LogP contribution in [-0.4, -0.2) is 47.6 Å². The number of fused-ring (bicyclic) bond motifs is 1. The smallest absolute Gasteiger partial charge is 0.205 e. The molecule has 0 fully saturated rings. The summed E-state index contributed by atoms with van der Waals surface area (Å²) in [7, 11) is 3.17. The molecule has 0 unspecified atom stereocenters. The molecule has 4 rings (SSSR count). The molecule has 0 saturated carbocycles. The topological polar surface area (TPSA) is 80.5 Å². The average Bonchev–Trinajstić information content (AvgIpc) is 3.03. The van der Waals surface area contributed by atoms with Crippen LogP contribution >= 0.6 is 11.6 Å². The van der Waals surface area contributed by atoms with Crippen molar-refractivity contribution >= 4 is 11.6 Å². The summed E-state index contributed by atoms with van der Waals surface area (Å²) in [5.41, 5.74) is 1.67. The van der Waals surface area contributed by atoms with Gasteiger partial charge in [0.15, 0.2) is 23.0 Å². The van der Waals surface area contributed by atoms with Crippen LogP contribution in [0.1, 0.15) is 12.0 Å². The van der Waals surface area contributed by atoms with E-state index in [0.717, 1.165) is 17.5 Å². The maximum Gasteiger partial charge on any atom is 0.205 e. The molecular weight excluding hydrogens is 384 g/mol. The standard InChI is InChI=1S/C19H19ClN4O4/c1-25-15-5-4-13(10-16(15)26-2)19-21-23-24(22-19)11-12-8-14(20)18-17(9-12)27-6-3-7-28-18/h4-5,8-10H,3,6-7,11H2,1-2H3. The lowest BCUT2D eigenvalue weighted by Crippen LogP contribution is -2.05. The Kier molecular flexibility index (Phi) is 5.21. The number of rotatable bonds is 5. The van der Waals surface area contributed by atoms with Crippen molar-refractivity contribution in [1.82, 2.24) is 20.2 Å². The van der Waals surface area contributed by atoms with Gasteiger partial charge in [-0.1, -0.05) is 11.6 Å². The fraction of sp³-hybridized carbons (Fsp3) is 0.316. The second-order valence-electron chi connectivity index (χ2n) is 6.17. The van der Waals surface area contributed by atoms with Gasteiger partial charge < -0.3 is 18.9 Å². The molecule has 8 nitrogen and oxygen atoms in total. The van der Waals surface area contributed by atoms with E-state index in [1.165, 1.54) is 4.80 Å². The second kappa shape index (κ2) is 7.93. The van der Waals surface area contributed by atoms with Crippen LogP contribution in [0.15, 0.2) is 30.3 Å². The van der Waals surface area contributed by atoms with Crippen molar-refractivity contribution in [3.8, 4) is 34.4 Å². The molecule has 0 radical (unpaired) electrons. The molecular formula is C19H19ClN4O4. The third-order valence-electron chi connectivity index (χ3n) is 4.28. The van der Waals surface area contributed by atoms with Crippen molar-refractivity contribution < 1.29 is 18.9 Å². The van der Waals surface area contributed by atoms with Crippen molar-refractivity contribution in [2.75, 3.05) is 27.4 Å². The first-order valence-electron chi connectivity index (χ1n) is 8.76. The highest BCUT2D eigenvalue weighted by Gasteiger charge is 2.17. The summed E-state index contributed by atoms with van der Waals surface area (Å²) in [5.74, 6) is 2.95. The van der Waals surface area contributed by atoms with E-state index in [1.54, 1.807) is 20.3 Å². The molecule has 1 aliphatic rings. The fourth-order valence-electron chi connectivity index (χ4n) is 2.94. The van der Waals surface area contributed by atoms with Crippen molar-refractivity contribution in [2.24, 2.45) is 0 Å². The monoisotopic (exact) mass is 402 g/mol. The van der Waals surface area contributed by atoms with Gasteiger partial charge in [-0.15, -0.1) is 10.2 Å². The molecule has 1 aromatic heterocycles. The molecule has 146 valence electrons. The average molecular weight is 403 g/mol. The minimum atomic E-state index is 0.399. The quantitative estimate of drug-likeness (QED) is 0.648. The number of aromatic nitrogens is 4. The van der Waals surface area contributed by atoms with Crippen LogP contribution in [0.4, 0.5) is 0 Å². The van der Waals surface area contributed by atoms with E-state index in [2.05, 4.69) is 15.4 Å². The molecule has 9 heteroatoms. The molecule has 28 heavy (non-hydrogen) atoms. The number of benzene rings is 2. The Labute approximate surface area is 166 Å². The number of nitrogens with zero attached hydrogens (tertiary/aromatic N) is 4. The maximum atomic E-state index is 6.35. The SMILES string of the molecule is COc1ccc(-c2nnn(Cc3cc(Cl)c4c(c3)OCCCO4)n2)cc1OC. The molecule has 0 atom stereocenters. The highest BCUT2D eigenvalue weighted by molar-refractivity contribution is 6.32. The number of hydrogen-bond donors (Lipinski definition) is 0. The Hall–Kier alpha value is -3.00. The number of methoxy groups -OCH3 is 2. The third-order valence-corrected chi connectivity index (χ3v) is 4.56. The Balaban J connectivity index is 1.57. The Morgan fingerprint density at radius 3 is 2.71 bits per heavy atom. The summed E-state index contributed by atoms with van der Waals surface area (Å²) in [5, 5.41) is 13.2. The highest BCUT2D eigenvalue weighted by atomic mass is 35.5. The number of tetrazole rings is 1. The second-order valence-corrected chi connectivity index (χ2v) is 6.58. The third kappa shape index (κ3) is 3.68. The largest absolute Gasteiger partial charge is 0.493 e. The van der Waals surface area contributed by atoms with E-state index >= 15 is 0 Å². The van der Waals surface area contributed by atoms with Gasteiger partial charge in [-0.2, -0.15) is 4.80 Å². The van der Waals surface area contributed by atoms with Gasteiger partial charge in [0.05, 0.1) is 39.0 Å². The van der Waals surface area contributed by atoms with Crippen LogP contribution in [0.5, 0.6) is 23.0 Å². The molecule has 0 N–H and O–H groups in total. The van der Waals surface area contributed by atoms with Gasteiger partial charge in [-0.3, -0.25) is 0 Å². The van der Waals surface area contributed by atoms with Crippen LogP contribution in [0, 0.1) is 0 Å². The van der Waals surface area contributed by atoms with Gasteiger partial charge in [0.1, 0.15) is 0 Å². The molecule has 0 saturated heterocycles. The van der Waals surface area contributed by atoms with E-state index in [-0.39, 0.29) is 0 Å². The zero-order valence-corrected chi connectivity index (χ0v) is 16.3. The molecule has 0 bridgehead atoms. The van der Waals surface area contributed by atoms with Gasteiger partial charge in [0, 0.05) is 12.0 Å². The van der Waals surface area contributed by atoms with E-state index in [1.807, 2.05) is 24.3 Å². The van der Waals surface area contributed by atoms with Gasteiger partial charge in [-0.05, 0) is 41.1 Å². The first-order valence-corrected chi connectivity index (χ1v) is 9.14. The minimum absolute atomic E-state index is 0.399. The highest BCUT2D eigenvalue weighted by Crippen LogP contribution is 2.38. The van der Waals surface area contributed by atoms with Gasteiger partial charge in [-0.25, -0.2) is 0 Å². The number of halogens is 1. The summed E-state index contributed by atoms with van der Waals surface area (Å²) in [6.45, 7) is 1.58. The van der Waals surface area contributed by atoms with E-state index in [0.29, 0.717) is 53.6 Å². The Morgan fingerprint density at radius 2 is 1.89 bits per heavy atom. The van der Waals surface area contributed by atoms with Crippen molar-refractivity contribution in [3.05, 3.63) is 40.9 Å². The summed E-state index contributed by atoms with van der Waals surface area (Å²) in [4.78, 5) is 1.50. The van der Waals surface area contributed by atoms with Crippen LogP contribution in [0.25, 0.3) is 11.4 Å². The lowest BCUT2D eigenvalue weighted by atomic mass is 10.2. The molecule has 0 spiro atoms. The van der Waals surface area contributed by atoms with Crippen molar-refractivity contribution in [2.45, 2.75) is 13.0 Å². The zero-order valence-electron chi connectivity index (χ0n) is 15.5. The number of ether oxygens (including phenoxy) is 4. The lowest BCUT2D eigenvalue weighted by Gasteiger charge is -2.11. The zero-order chi connectivity index (χ0) is 19.5. The fourth-order valence-corrected chi connectivity index (χ4v) is 3.23. The molecule has 2 heterocycles. The van der Waals surface area contributed by atoms with Crippen molar-refractivity contribution in [3.63, 3.8) is 0 Å². The molecule has 1 aliphatic heterocycles. The maximum absolute atomic E-state index is 6.35. The Morgan fingerprint density at radius 1 is 1.07 bits per heavy atom. The van der Waals surface area contributed by atoms with Gasteiger partial charge in [0.2, 0.25) is 5.82 Å². The first-order chi connectivity index (χ1) is 13.7. The van der Waals surface area contributed by atoms with Gasteiger partial charge in [0.25, 0.3) is 0 Å². The van der Waals surface area contributed by atoms with Crippen molar-refractivity contribution in [1.29, 1.82) is 0 Å². The Bertz CT molecular complexity index is 992. The van der Waals surface area contributed by atoms with Crippen LogP contribution < -0.4 is 18.9 Å². The summed E-state index contributed by atoms with van der Waals surface area (Å²) < 4.78 is 22.0. The molecule has 0 aliphatic carbocycles. The number of hydrogen-bond acceptors (Lipinski definition) is 7. The predicted octanol–water partition coefficient (Wildman–Crippen LogP) is 3.22. The molecule has 3 aromatic rings. The lowest BCUT2D eigenvalue weighted by molar-refractivity contribution is 0.297. The molecule has 0 amide bonds. The van der Waals surface area contributed by atoms with Crippen LogP contribution in [0.2, 0.25) is 5.02 Å². The minimum Gasteiger partial charge on any atom is -0.493 e. The van der Waals surface area contributed by atoms with E-state index in [9.17, 15) is 0 Å². The van der Waals surface area contributed by atoms with Crippen LogP contribution in [-0.2, 0) is 6.54 Å². The normalized spacial score (nSPS) is 13.1. The summed E-state index contributed by atoms with van der Waals surface area (Å²) in [6, 6.07) is 9.19. The predicted molar refractivity (Wildman–Crippen MR) is 103 cm³/mol. The summed E-state index contributed by atoms with van der Waals surface area (Å²) >= 11 is 6.35. The molecule has 2 aromatic carbocycles. The first kappa shape index (κ1) is 18.4. The van der Waals surface area contributed by atoms with E-state index in [4.69, 9.17) is 30.5 Å². The van der Waals surface area contributed by atoms with Crippen LogP contribution in [0.3, 0.4) is 0 Å². The van der Waals surface area contributed by atoms with Gasteiger partial charge >= 0.3 is 0 Å².